The lowest BCUT2D eigenvalue weighted by Gasteiger charge is -2.03. The van der Waals surface area contributed by atoms with Crippen LogP contribution in [0.2, 0.25) is 0 Å². The molecule has 0 bridgehead atoms. The molecule has 0 radical (unpaired) electrons. The van der Waals surface area contributed by atoms with Crippen molar-refractivity contribution in [3.8, 4) is 5.75 Å². The maximum Gasteiger partial charge on any atom is 0.126 e. The number of phenols is 1. The number of benzene rings is 1. The predicted octanol–water partition coefficient (Wildman–Crippen LogP) is 0.920. The average Bonchev–Trinajstić information content (AvgIpc) is 2.35. The van der Waals surface area contributed by atoms with E-state index in [2.05, 4.69) is 4.99 Å². The molecule has 1 aliphatic rings. The van der Waals surface area contributed by atoms with E-state index in [0.717, 1.165) is 16.7 Å². The first-order valence-corrected chi connectivity index (χ1v) is 3.81. The first-order valence-electron chi connectivity index (χ1n) is 3.81. The molecular formula is C9H10N2O. The van der Waals surface area contributed by atoms with Crippen LogP contribution in [0.4, 0.5) is 0 Å². The molecule has 2 rings (SSSR count). The van der Waals surface area contributed by atoms with Crippen LogP contribution in [0.3, 0.4) is 0 Å². The molecule has 0 amide bonds. The third kappa shape index (κ3) is 0.863. The van der Waals surface area contributed by atoms with E-state index in [0.29, 0.717) is 18.1 Å². The minimum absolute atomic E-state index is 0.318. The number of aliphatic imine (C=N–C) groups is 1. The van der Waals surface area contributed by atoms with Crippen molar-refractivity contribution >= 4 is 5.84 Å². The maximum atomic E-state index is 9.38. The SMILES string of the molecule is Cc1cc2c(cc1O)CN=C2N. The third-order valence-corrected chi connectivity index (χ3v) is 2.12. The molecule has 1 heterocycles. The molecule has 3 nitrogen and oxygen atoms in total. The minimum Gasteiger partial charge on any atom is -0.508 e. The number of phenolic OH excluding ortho intramolecular Hbond substituents is 1. The smallest absolute Gasteiger partial charge is 0.126 e. The predicted molar refractivity (Wildman–Crippen MR) is 47.3 cm³/mol. The molecule has 0 atom stereocenters. The molecule has 0 aromatic heterocycles. The maximum absolute atomic E-state index is 9.38. The molecular weight excluding hydrogens is 152 g/mol. The van der Waals surface area contributed by atoms with Gasteiger partial charge in [-0.2, -0.15) is 0 Å². The molecule has 1 aromatic carbocycles. The number of amidine groups is 1. The van der Waals surface area contributed by atoms with Crippen molar-refractivity contribution in [1.29, 1.82) is 0 Å². The van der Waals surface area contributed by atoms with Crippen molar-refractivity contribution in [2.45, 2.75) is 13.5 Å². The zero-order valence-corrected chi connectivity index (χ0v) is 6.83. The van der Waals surface area contributed by atoms with Crippen LogP contribution in [0.25, 0.3) is 0 Å². The van der Waals surface area contributed by atoms with Gasteiger partial charge >= 0.3 is 0 Å². The van der Waals surface area contributed by atoms with Crippen LogP contribution >= 0.6 is 0 Å². The van der Waals surface area contributed by atoms with Gasteiger partial charge in [-0.15, -0.1) is 0 Å². The van der Waals surface area contributed by atoms with E-state index in [4.69, 9.17) is 5.73 Å². The standard InChI is InChI=1S/C9H10N2O/c1-5-2-7-6(3-8(5)12)4-11-9(7)10/h2-3,12H,4H2,1H3,(H2,10,11). The highest BCUT2D eigenvalue weighted by Crippen LogP contribution is 2.25. The van der Waals surface area contributed by atoms with Crippen molar-refractivity contribution in [2.75, 3.05) is 0 Å². The molecule has 0 aliphatic carbocycles. The first kappa shape index (κ1) is 7.16. The van der Waals surface area contributed by atoms with Gasteiger partial charge < -0.3 is 10.8 Å². The van der Waals surface area contributed by atoms with Crippen molar-refractivity contribution < 1.29 is 5.11 Å². The lowest BCUT2D eigenvalue weighted by atomic mass is 10.1. The summed E-state index contributed by atoms with van der Waals surface area (Å²) in [6, 6.07) is 3.60. The molecule has 0 saturated heterocycles. The van der Waals surface area contributed by atoms with Crippen LogP contribution in [0.1, 0.15) is 16.7 Å². The van der Waals surface area contributed by atoms with E-state index in [1.165, 1.54) is 0 Å². The minimum atomic E-state index is 0.318. The van der Waals surface area contributed by atoms with Crippen LogP contribution in [-0.4, -0.2) is 10.9 Å². The van der Waals surface area contributed by atoms with Gasteiger partial charge in [-0.25, -0.2) is 0 Å². The third-order valence-electron chi connectivity index (χ3n) is 2.12. The summed E-state index contributed by atoms with van der Waals surface area (Å²) in [5, 5.41) is 9.38. The summed E-state index contributed by atoms with van der Waals surface area (Å²) >= 11 is 0. The second kappa shape index (κ2) is 2.24. The number of fused-ring (bicyclic) bond motifs is 1. The molecule has 1 aliphatic heterocycles. The molecule has 0 fully saturated rings. The summed E-state index contributed by atoms with van der Waals surface area (Å²) in [5.74, 6) is 0.895. The Labute approximate surface area is 70.5 Å². The van der Waals surface area contributed by atoms with E-state index in [9.17, 15) is 5.11 Å². The van der Waals surface area contributed by atoms with Crippen molar-refractivity contribution in [2.24, 2.45) is 10.7 Å². The Morgan fingerprint density at radius 2 is 2.25 bits per heavy atom. The van der Waals surface area contributed by atoms with Crippen LogP contribution in [-0.2, 0) is 6.54 Å². The summed E-state index contributed by atoms with van der Waals surface area (Å²) in [5.41, 5.74) is 8.45. The Morgan fingerprint density at radius 3 is 3.00 bits per heavy atom. The van der Waals surface area contributed by atoms with Crippen LogP contribution in [0.5, 0.6) is 5.75 Å². The molecule has 12 heavy (non-hydrogen) atoms. The number of aromatic hydroxyl groups is 1. The normalized spacial score (nSPS) is 14.2. The molecule has 3 heteroatoms. The number of hydrogen-bond donors (Lipinski definition) is 2. The molecule has 3 N–H and O–H groups in total. The van der Waals surface area contributed by atoms with Crippen LogP contribution in [0, 0.1) is 6.92 Å². The summed E-state index contributed by atoms with van der Waals surface area (Å²) < 4.78 is 0. The van der Waals surface area contributed by atoms with Crippen molar-refractivity contribution in [1.82, 2.24) is 0 Å². The number of hydrogen-bond acceptors (Lipinski definition) is 3. The number of rotatable bonds is 0. The topological polar surface area (TPSA) is 58.6 Å². The van der Waals surface area contributed by atoms with Gasteiger partial charge in [0.1, 0.15) is 11.6 Å². The van der Waals surface area contributed by atoms with E-state index >= 15 is 0 Å². The van der Waals surface area contributed by atoms with Crippen LogP contribution in [0.15, 0.2) is 17.1 Å². The number of nitrogens with zero attached hydrogens (tertiary/aromatic N) is 1. The Balaban J connectivity index is 2.63. The van der Waals surface area contributed by atoms with E-state index in [1.54, 1.807) is 6.07 Å². The van der Waals surface area contributed by atoms with Crippen LogP contribution < -0.4 is 5.73 Å². The fourth-order valence-electron chi connectivity index (χ4n) is 1.36. The van der Waals surface area contributed by atoms with Gasteiger partial charge in [0.15, 0.2) is 0 Å². The lowest BCUT2D eigenvalue weighted by molar-refractivity contribution is 0.470. The fraction of sp³-hybridized carbons (Fsp3) is 0.222. The average molecular weight is 162 g/mol. The van der Waals surface area contributed by atoms with Gasteiger partial charge in [0.25, 0.3) is 0 Å². The Hall–Kier alpha value is -1.51. The van der Waals surface area contributed by atoms with Gasteiger partial charge in [-0.3, -0.25) is 4.99 Å². The fourth-order valence-corrected chi connectivity index (χ4v) is 1.36. The van der Waals surface area contributed by atoms with Gasteiger partial charge in [0.05, 0.1) is 6.54 Å². The Morgan fingerprint density at radius 1 is 1.50 bits per heavy atom. The molecule has 0 saturated carbocycles. The Kier molecular flexibility index (Phi) is 1.33. The second-order valence-electron chi connectivity index (χ2n) is 3.00. The molecule has 0 spiro atoms. The molecule has 0 unspecified atom stereocenters. The van der Waals surface area contributed by atoms with Crippen molar-refractivity contribution in [3.05, 3.63) is 28.8 Å². The summed E-state index contributed by atoms with van der Waals surface area (Å²) in [4.78, 5) is 4.07. The zero-order valence-electron chi connectivity index (χ0n) is 6.83. The number of aryl methyl sites for hydroxylation is 1. The molecule has 1 aromatic rings. The zero-order chi connectivity index (χ0) is 8.72. The van der Waals surface area contributed by atoms with Gasteiger partial charge in [-0.1, -0.05) is 0 Å². The number of nitrogens with two attached hydrogens (primary N) is 1. The summed E-state index contributed by atoms with van der Waals surface area (Å²) in [6.07, 6.45) is 0. The van der Waals surface area contributed by atoms with Gasteiger partial charge in [-0.05, 0) is 30.2 Å². The van der Waals surface area contributed by atoms with E-state index in [-0.39, 0.29) is 0 Å². The van der Waals surface area contributed by atoms with Gasteiger partial charge in [0.2, 0.25) is 0 Å². The van der Waals surface area contributed by atoms with Crippen molar-refractivity contribution in [3.63, 3.8) is 0 Å². The van der Waals surface area contributed by atoms with E-state index in [1.807, 2.05) is 13.0 Å². The lowest BCUT2D eigenvalue weighted by Crippen LogP contribution is -2.10. The second-order valence-corrected chi connectivity index (χ2v) is 3.00. The summed E-state index contributed by atoms with van der Waals surface area (Å²) in [7, 11) is 0. The summed E-state index contributed by atoms with van der Waals surface area (Å²) in [6.45, 7) is 2.44. The Bertz CT molecular complexity index is 369. The highest BCUT2D eigenvalue weighted by Gasteiger charge is 2.14. The quantitative estimate of drug-likeness (QED) is 0.596. The highest BCUT2D eigenvalue weighted by atomic mass is 16.3. The first-order chi connectivity index (χ1) is 5.68. The largest absolute Gasteiger partial charge is 0.508 e. The van der Waals surface area contributed by atoms with E-state index < -0.39 is 0 Å². The monoisotopic (exact) mass is 162 g/mol. The van der Waals surface area contributed by atoms with Gasteiger partial charge in [0, 0.05) is 5.56 Å². The highest BCUT2D eigenvalue weighted by molar-refractivity contribution is 6.01. The molecule has 62 valence electrons.